The largest absolute Gasteiger partial charge is 0.483 e. The number of carbonyl (C=O) groups is 3. The van der Waals surface area contributed by atoms with E-state index in [0.29, 0.717) is 22.6 Å². The van der Waals surface area contributed by atoms with Crippen LogP contribution >= 0.6 is 0 Å². The van der Waals surface area contributed by atoms with E-state index in [-0.39, 0.29) is 24.3 Å². The fourth-order valence-corrected chi connectivity index (χ4v) is 2.74. The van der Waals surface area contributed by atoms with Crippen LogP contribution in [0, 0.1) is 13.8 Å². The normalized spacial score (nSPS) is 13.0. The Balaban J connectivity index is 1.66. The van der Waals surface area contributed by atoms with Crippen LogP contribution in [0.2, 0.25) is 0 Å². The molecule has 0 atom stereocenters. The van der Waals surface area contributed by atoms with Crippen LogP contribution in [0.5, 0.6) is 5.75 Å². The summed E-state index contributed by atoms with van der Waals surface area (Å²) in [6, 6.07) is 10.4. The molecule has 3 rings (SSSR count). The SMILES string of the molecule is Cc1ccc(OCC(=O)Nc2ccc3c(c2)C(=O)N(C)C3=O)c(C)c1. The number of amides is 3. The molecule has 0 aromatic heterocycles. The maximum atomic E-state index is 12.1. The number of rotatable bonds is 4. The highest BCUT2D eigenvalue weighted by atomic mass is 16.5. The van der Waals surface area contributed by atoms with E-state index < -0.39 is 0 Å². The zero-order chi connectivity index (χ0) is 18.1. The van der Waals surface area contributed by atoms with Crippen LogP contribution in [-0.2, 0) is 4.79 Å². The minimum absolute atomic E-state index is 0.145. The molecule has 6 nitrogen and oxygen atoms in total. The summed E-state index contributed by atoms with van der Waals surface area (Å²) in [7, 11) is 1.43. The highest BCUT2D eigenvalue weighted by molar-refractivity contribution is 6.21. The van der Waals surface area contributed by atoms with Crippen molar-refractivity contribution in [3.8, 4) is 5.75 Å². The molecule has 0 spiro atoms. The zero-order valence-electron chi connectivity index (χ0n) is 14.3. The Kier molecular flexibility index (Phi) is 4.27. The molecule has 1 heterocycles. The molecule has 0 aliphatic carbocycles. The molecule has 0 unspecified atom stereocenters. The number of hydrogen-bond donors (Lipinski definition) is 1. The summed E-state index contributed by atoms with van der Waals surface area (Å²) in [6.07, 6.45) is 0. The van der Waals surface area contributed by atoms with Gasteiger partial charge in [0.2, 0.25) is 0 Å². The summed E-state index contributed by atoms with van der Waals surface area (Å²) in [5.74, 6) is -0.402. The highest BCUT2D eigenvalue weighted by Gasteiger charge is 2.32. The molecule has 0 bridgehead atoms. The monoisotopic (exact) mass is 338 g/mol. The molecule has 128 valence electrons. The van der Waals surface area contributed by atoms with E-state index in [1.807, 2.05) is 32.0 Å². The van der Waals surface area contributed by atoms with Gasteiger partial charge in [-0.1, -0.05) is 17.7 Å². The van der Waals surface area contributed by atoms with E-state index in [4.69, 9.17) is 4.74 Å². The van der Waals surface area contributed by atoms with Gasteiger partial charge in [-0.25, -0.2) is 0 Å². The van der Waals surface area contributed by atoms with Crippen molar-refractivity contribution >= 4 is 23.4 Å². The van der Waals surface area contributed by atoms with Crippen LogP contribution in [0.1, 0.15) is 31.8 Å². The lowest BCUT2D eigenvalue weighted by atomic mass is 10.1. The second kappa shape index (κ2) is 6.39. The Morgan fingerprint density at radius 3 is 2.48 bits per heavy atom. The van der Waals surface area contributed by atoms with E-state index in [9.17, 15) is 14.4 Å². The lowest BCUT2D eigenvalue weighted by Gasteiger charge is -2.10. The Bertz CT molecular complexity index is 889. The summed E-state index contributed by atoms with van der Waals surface area (Å²) in [5, 5.41) is 2.68. The molecular weight excluding hydrogens is 320 g/mol. The zero-order valence-corrected chi connectivity index (χ0v) is 14.3. The number of ether oxygens (including phenoxy) is 1. The van der Waals surface area contributed by atoms with Crippen LogP contribution < -0.4 is 10.1 Å². The van der Waals surface area contributed by atoms with Crippen molar-refractivity contribution in [2.45, 2.75) is 13.8 Å². The first-order valence-corrected chi connectivity index (χ1v) is 7.83. The van der Waals surface area contributed by atoms with Gasteiger partial charge in [-0.3, -0.25) is 19.3 Å². The van der Waals surface area contributed by atoms with Crippen molar-refractivity contribution in [2.75, 3.05) is 19.0 Å². The average molecular weight is 338 g/mol. The second-order valence-electron chi connectivity index (χ2n) is 6.04. The maximum Gasteiger partial charge on any atom is 0.262 e. The summed E-state index contributed by atoms with van der Waals surface area (Å²) in [4.78, 5) is 37.0. The summed E-state index contributed by atoms with van der Waals surface area (Å²) >= 11 is 0. The molecule has 6 heteroatoms. The Morgan fingerprint density at radius 1 is 1.04 bits per heavy atom. The number of carbonyl (C=O) groups excluding carboxylic acids is 3. The fraction of sp³-hybridized carbons (Fsp3) is 0.211. The predicted octanol–water partition coefficient (Wildman–Crippen LogP) is 2.55. The van der Waals surface area contributed by atoms with Crippen LogP contribution in [0.3, 0.4) is 0 Å². The van der Waals surface area contributed by atoms with Gasteiger partial charge in [-0.15, -0.1) is 0 Å². The number of anilines is 1. The van der Waals surface area contributed by atoms with Gasteiger partial charge in [0.05, 0.1) is 11.1 Å². The van der Waals surface area contributed by atoms with Gasteiger partial charge < -0.3 is 10.1 Å². The predicted molar refractivity (Wildman–Crippen MR) is 92.9 cm³/mol. The van der Waals surface area contributed by atoms with Crippen molar-refractivity contribution in [1.29, 1.82) is 0 Å². The number of fused-ring (bicyclic) bond motifs is 1. The fourth-order valence-electron chi connectivity index (χ4n) is 2.74. The molecule has 0 radical (unpaired) electrons. The van der Waals surface area contributed by atoms with E-state index in [1.165, 1.54) is 13.1 Å². The number of aryl methyl sites for hydroxylation is 2. The van der Waals surface area contributed by atoms with Crippen molar-refractivity contribution in [3.63, 3.8) is 0 Å². The molecule has 25 heavy (non-hydrogen) atoms. The summed E-state index contributed by atoms with van der Waals surface area (Å²) < 4.78 is 5.53. The Hall–Kier alpha value is -3.15. The molecule has 0 saturated heterocycles. The van der Waals surface area contributed by atoms with Crippen LogP contribution in [0.15, 0.2) is 36.4 Å². The van der Waals surface area contributed by atoms with Crippen LogP contribution in [-0.4, -0.2) is 36.3 Å². The van der Waals surface area contributed by atoms with Crippen LogP contribution in [0.25, 0.3) is 0 Å². The van der Waals surface area contributed by atoms with E-state index in [0.717, 1.165) is 16.0 Å². The van der Waals surface area contributed by atoms with Gasteiger partial charge in [-0.2, -0.15) is 0 Å². The van der Waals surface area contributed by atoms with Gasteiger partial charge >= 0.3 is 0 Å². The smallest absolute Gasteiger partial charge is 0.262 e. The standard InChI is InChI=1S/C19H18N2O4/c1-11-4-7-16(12(2)8-11)25-10-17(22)20-13-5-6-14-15(9-13)19(24)21(3)18(14)23/h4-9H,10H2,1-3H3,(H,20,22). The van der Waals surface area contributed by atoms with Crippen molar-refractivity contribution in [1.82, 2.24) is 4.90 Å². The number of nitrogens with zero attached hydrogens (tertiary/aromatic N) is 1. The Labute approximate surface area is 145 Å². The van der Waals surface area contributed by atoms with Crippen molar-refractivity contribution < 1.29 is 19.1 Å². The molecule has 1 aliphatic rings. The first-order chi connectivity index (χ1) is 11.9. The third-order valence-corrected chi connectivity index (χ3v) is 4.06. The van der Waals surface area contributed by atoms with E-state index in [1.54, 1.807) is 12.1 Å². The lowest BCUT2D eigenvalue weighted by Crippen LogP contribution is -2.24. The highest BCUT2D eigenvalue weighted by Crippen LogP contribution is 2.25. The molecular formula is C19H18N2O4. The third-order valence-electron chi connectivity index (χ3n) is 4.06. The van der Waals surface area contributed by atoms with Crippen LogP contribution in [0.4, 0.5) is 5.69 Å². The number of imide groups is 1. The first kappa shape index (κ1) is 16.7. The van der Waals surface area contributed by atoms with E-state index in [2.05, 4.69) is 5.32 Å². The Morgan fingerprint density at radius 2 is 1.76 bits per heavy atom. The average Bonchev–Trinajstić information content (AvgIpc) is 2.78. The molecule has 1 aliphatic heterocycles. The third kappa shape index (κ3) is 3.24. The summed E-state index contributed by atoms with van der Waals surface area (Å²) in [5.41, 5.74) is 3.16. The topological polar surface area (TPSA) is 75.7 Å². The molecule has 2 aromatic carbocycles. The molecule has 2 aromatic rings. The van der Waals surface area contributed by atoms with E-state index >= 15 is 0 Å². The molecule has 0 fully saturated rings. The van der Waals surface area contributed by atoms with Gasteiger partial charge in [0, 0.05) is 12.7 Å². The molecule has 1 N–H and O–H groups in total. The summed E-state index contributed by atoms with van der Waals surface area (Å²) in [6.45, 7) is 3.76. The maximum absolute atomic E-state index is 12.1. The lowest BCUT2D eigenvalue weighted by molar-refractivity contribution is -0.118. The van der Waals surface area contributed by atoms with Gasteiger partial charge in [0.15, 0.2) is 6.61 Å². The second-order valence-corrected chi connectivity index (χ2v) is 6.04. The molecule has 0 saturated carbocycles. The van der Waals surface area contributed by atoms with Crippen molar-refractivity contribution in [3.05, 3.63) is 58.7 Å². The minimum Gasteiger partial charge on any atom is -0.483 e. The minimum atomic E-state index is -0.373. The molecule has 3 amide bonds. The quantitative estimate of drug-likeness (QED) is 0.869. The number of hydrogen-bond acceptors (Lipinski definition) is 4. The number of benzene rings is 2. The van der Waals surface area contributed by atoms with Gasteiger partial charge in [0.25, 0.3) is 17.7 Å². The van der Waals surface area contributed by atoms with Gasteiger partial charge in [0.1, 0.15) is 5.75 Å². The number of nitrogens with one attached hydrogen (secondary N) is 1. The van der Waals surface area contributed by atoms with Gasteiger partial charge in [-0.05, 0) is 43.7 Å². The van der Waals surface area contributed by atoms with Crippen molar-refractivity contribution in [2.24, 2.45) is 0 Å². The first-order valence-electron chi connectivity index (χ1n) is 7.83.